The third-order valence-corrected chi connectivity index (χ3v) is 12.8. The zero-order valence-corrected chi connectivity index (χ0v) is 30.9. The van der Waals surface area contributed by atoms with Gasteiger partial charge < -0.3 is 9.32 Å². The van der Waals surface area contributed by atoms with Gasteiger partial charge in [0.25, 0.3) is 0 Å². The van der Waals surface area contributed by atoms with Crippen LogP contribution in [0.15, 0.2) is 205 Å². The summed E-state index contributed by atoms with van der Waals surface area (Å²) in [5, 5.41) is 9.75. The van der Waals surface area contributed by atoms with Crippen LogP contribution in [0, 0.1) is 0 Å². The van der Waals surface area contributed by atoms with E-state index in [0.29, 0.717) is 0 Å². The number of hydrogen-bond donors (Lipinski definition) is 0. The highest BCUT2D eigenvalue weighted by molar-refractivity contribution is 6.26. The van der Waals surface area contributed by atoms with Crippen molar-refractivity contribution >= 4 is 71.3 Å². The highest BCUT2D eigenvalue weighted by Crippen LogP contribution is 2.63. The molecule has 2 heteroatoms. The number of fused-ring (bicyclic) bond motifs is 19. The van der Waals surface area contributed by atoms with Crippen LogP contribution < -0.4 is 4.90 Å². The molecule has 10 aromatic carbocycles. The van der Waals surface area contributed by atoms with Crippen LogP contribution in [0.1, 0.15) is 22.3 Å². The first-order valence-corrected chi connectivity index (χ1v) is 19.8. The smallest absolute Gasteiger partial charge is 0.159 e. The van der Waals surface area contributed by atoms with E-state index >= 15 is 0 Å². The van der Waals surface area contributed by atoms with Gasteiger partial charge in [0.2, 0.25) is 0 Å². The first-order chi connectivity index (χ1) is 28.3. The molecule has 1 heterocycles. The quantitative estimate of drug-likeness (QED) is 0.169. The predicted octanol–water partition coefficient (Wildman–Crippen LogP) is 14.9. The third kappa shape index (κ3) is 3.99. The number of anilines is 3. The Morgan fingerprint density at radius 2 is 0.772 bits per heavy atom. The summed E-state index contributed by atoms with van der Waals surface area (Å²) in [7, 11) is 0. The zero-order valence-electron chi connectivity index (χ0n) is 30.9. The van der Waals surface area contributed by atoms with Gasteiger partial charge in [0, 0.05) is 22.1 Å². The van der Waals surface area contributed by atoms with Gasteiger partial charge in [0.05, 0.1) is 11.1 Å². The molecule has 0 saturated carbocycles. The predicted molar refractivity (Wildman–Crippen MR) is 237 cm³/mol. The van der Waals surface area contributed by atoms with Gasteiger partial charge in [-0.15, -0.1) is 0 Å². The topological polar surface area (TPSA) is 16.4 Å². The summed E-state index contributed by atoms with van der Waals surface area (Å²) in [5.74, 6) is 0. The number of furan rings is 1. The van der Waals surface area contributed by atoms with E-state index in [1.165, 1.54) is 76.8 Å². The molecule has 1 aromatic heterocycles. The van der Waals surface area contributed by atoms with E-state index in [1.807, 2.05) is 0 Å². The normalized spacial score (nSPS) is 13.4. The van der Waals surface area contributed by atoms with Gasteiger partial charge in [0.1, 0.15) is 5.58 Å². The molecule has 264 valence electrons. The zero-order chi connectivity index (χ0) is 37.2. The molecular weight excluding hydrogens is 691 g/mol. The Hall–Kier alpha value is -7.42. The fourth-order valence-electron chi connectivity index (χ4n) is 10.6. The fraction of sp³-hybridized carbons (Fsp3) is 0.0182. The molecule has 2 nitrogen and oxygen atoms in total. The van der Waals surface area contributed by atoms with Crippen molar-refractivity contribution in [3.8, 4) is 22.3 Å². The molecule has 0 radical (unpaired) electrons. The fourth-order valence-corrected chi connectivity index (χ4v) is 10.6. The van der Waals surface area contributed by atoms with Crippen molar-refractivity contribution in [2.75, 3.05) is 4.90 Å². The van der Waals surface area contributed by atoms with Gasteiger partial charge in [-0.2, -0.15) is 0 Å². The number of para-hydroxylation sites is 2. The number of hydrogen-bond acceptors (Lipinski definition) is 2. The molecule has 0 unspecified atom stereocenters. The average molecular weight is 724 g/mol. The maximum atomic E-state index is 6.81. The molecule has 0 amide bonds. The number of benzene rings is 10. The first kappa shape index (κ1) is 30.9. The van der Waals surface area contributed by atoms with Crippen LogP contribution in [0.3, 0.4) is 0 Å². The van der Waals surface area contributed by atoms with E-state index in [1.54, 1.807) is 0 Å². The average Bonchev–Trinajstić information content (AvgIpc) is 3.91. The monoisotopic (exact) mass is 723 g/mol. The first-order valence-electron chi connectivity index (χ1n) is 19.8. The van der Waals surface area contributed by atoms with Crippen molar-refractivity contribution in [2.24, 2.45) is 0 Å². The van der Waals surface area contributed by atoms with E-state index in [-0.39, 0.29) is 0 Å². The van der Waals surface area contributed by atoms with Crippen molar-refractivity contribution < 1.29 is 4.42 Å². The summed E-state index contributed by atoms with van der Waals surface area (Å²) in [4.78, 5) is 2.43. The van der Waals surface area contributed by atoms with Crippen LogP contribution >= 0.6 is 0 Å². The van der Waals surface area contributed by atoms with E-state index in [9.17, 15) is 0 Å². The summed E-state index contributed by atoms with van der Waals surface area (Å²) in [6.07, 6.45) is 0. The molecule has 1 spiro atoms. The maximum absolute atomic E-state index is 6.81. The molecule has 13 rings (SSSR count). The van der Waals surface area contributed by atoms with Crippen LogP contribution in [-0.2, 0) is 5.41 Å². The lowest BCUT2D eigenvalue weighted by Gasteiger charge is -2.32. The van der Waals surface area contributed by atoms with Gasteiger partial charge in [-0.25, -0.2) is 0 Å². The Morgan fingerprint density at radius 1 is 0.316 bits per heavy atom. The molecule has 2 aliphatic carbocycles. The van der Waals surface area contributed by atoms with E-state index in [2.05, 4.69) is 205 Å². The Labute approximate surface area is 329 Å². The summed E-state index contributed by atoms with van der Waals surface area (Å²) in [5.41, 5.74) is 15.0. The Kier molecular flexibility index (Phi) is 6.13. The van der Waals surface area contributed by atoms with Crippen molar-refractivity contribution in [1.29, 1.82) is 0 Å². The van der Waals surface area contributed by atoms with Crippen LogP contribution in [0.2, 0.25) is 0 Å². The van der Waals surface area contributed by atoms with Crippen LogP contribution in [0.5, 0.6) is 0 Å². The standard InChI is InChI=1S/C55H33NO/c1-2-16-38-36(14-1)37-15-3-4-17-39(37)47-32-34(28-30-40(38)47)56(52-26-13-22-46-45-21-8-12-27-53(45)57-54(46)52)35-29-31-44-43-20-7-11-25-50(43)55(51(44)33-35)48-23-9-5-18-41(48)42-19-6-10-24-49(42)55/h1-33H. The largest absolute Gasteiger partial charge is 0.454 e. The molecule has 0 bridgehead atoms. The van der Waals surface area contributed by atoms with Crippen molar-refractivity contribution in [3.63, 3.8) is 0 Å². The molecule has 11 aromatic rings. The highest BCUT2D eigenvalue weighted by atomic mass is 16.3. The minimum absolute atomic E-state index is 0.454. The molecule has 0 fully saturated rings. The van der Waals surface area contributed by atoms with E-state index < -0.39 is 5.41 Å². The van der Waals surface area contributed by atoms with Crippen molar-refractivity contribution in [1.82, 2.24) is 0 Å². The maximum Gasteiger partial charge on any atom is 0.159 e. The summed E-state index contributed by atoms with van der Waals surface area (Å²) in [6, 6.07) is 73.8. The van der Waals surface area contributed by atoms with E-state index in [0.717, 1.165) is 39.0 Å². The molecule has 2 aliphatic rings. The lowest BCUT2D eigenvalue weighted by Crippen LogP contribution is -2.26. The second-order valence-corrected chi connectivity index (χ2v) is 15.5. The van der Waals surface area contributed by atoms with Crippen LogP contribution in [0.4, 0.5) is 17.1 Å². The van der Waals surface area contributed by atoms with Gasteiger partial charge in [0.15, 0.2) is 5.58 Å². The minimum atomic E-state index is -0.454. The molecule has 0 aliphatic heterocycles. The second-order valence-electron chi connectivity index (χ2n) is 15.5. The molecular formula is C55H33NO. The molecule has 0 N–H and O–H groups in total. The van der Waals surface area contributed by atoms with Gasteiger partial charge in [-0.05, 0) is 113 Å². The summed E-state index contributed by atoms with van der Waals surface area (Å²) < 4.78 is 6.81. The van der Waals surface area contributed by atoms with Crippen LogP contribution in [0.25, 0.3) is 76.5 Å². The highest BCUT2D eigenvalue weighted by Gasteiger charge is 2.51. The molecule has 57 heavy (non-hydrogen) atoms. The Balaban J connectivity index is 1.13. The van der Waals surface area contributed by atoms with Crippen molar-refractivity contribution in [2.45, 2.75) is 5.41 Å². The van der Waals surface area contributed by atoms with Gasteiger partial charge in [-0.1, -0.05) is 164 Å². The number of rotatable bonds is 3. The third-order valence-electron chi connectivity index (χ3n) is 12.8. The molecule has 0 atom stereocenters. The SMILES string of the molecule is c1ccc2c(c1)-c1ccccc1C21c2ccccc2-c2ccc(N(c3ccc4c5ccccc5c5ccccc5c4c3)c3cccc4c3oc3ccccc34)cc21. The lowest BCUT2D eigenvalue weighted by molar-refractivity contribution is 0.669. The summed E-state index contributed by atoms with van der Waals surface area (Å²) >= 11 is 0. The Morgan fingerprint density at radius 3 is 1.40 bits per heavy atom. The lowest BCUT2D eigenvalue weighted by atomic mass is 9.70. The Bertz CT molecular complexity index is 3400. The van der Waals surface area contributed by atoms with Gasteiger partial charge >= 0.3 is 0 Å². The molecule has 0 saturated heterocycles. The second kappa shape index (κ2) is 11.3. The van der Waals surface area contributed by atoms with E-state index in [4.69, 9.17) is 4.42 Å². The minimum Gasteiger partial charge on any atom is -0.454 e. The number of nitrogens with zero attached hydrogens (tertiary/aromatic N) is 1. The van der Waals surface area contributed by atoms with Crippen molar-refractivity contribution in [3.05, 3.63) is 222 Å². The van der Waals surface area contributed by atoms with Crippen LogP contribution in [-0.4, -0.2) is 0 Å². The summed E-state index contributed by atoms with van der Waals surface area (Å²) in [6.45, 7) is 0. The van der Waals surface area contributed by atoms with Gasteiger partial charge in [-0.3, -0.25) is 0 Å².